The second kappa shape index (κ2) is 7.04. The summed E-state index contributed by atoms with van der Waals surface area (Å²) in [4.78, 5) is 25.2. The van der Waals surface area contributed by atoms with Crippen LogP contribution in [0, 0.1) is 12.8 Å². The molecule has 1 aliphatic carbocycles. The molecule has 0 aromatic carbocycles. The molecule has 0 saturated heterocycles. The van der Waals surface area contributed by atoms with Crippen LogP contribution in [0.15, 0.2) is 6.07 Å². The van der Waals surface area contributed by atoms with Gasteiger partial charge in [-0.25, -0.2) is 4.79 Å². The Bertz CT molecular complexity index is 527. The van der Waals surface area contributed by atoms with E-state index in [9.17, 15) is 9.59 Å². The zero-order valence-corrected chi connectivity index (χ0v) is 13.3. The first-order valence-corrected chi connectivity index (χ1v) is 8.17. The fraction of sp³-hybridized carbons (Fsp3) is 0.600. The Labute approximate surface area is 128 Å². The molecule has 1 aromatic rings. The molecular weight excluding hydrogens is 288 g/mol. The van der Waals surface area contributed by atoms with E-state index in [0.29, 0.717) is 23.6 Å². The van der Waals surface area contributed by atoms with Crippen LogP contribution in [0.2, 0.25) is 0 Å². The van der Waals surface area contributed by atoms with E-state index in [1.54, 1.807) is 13.0 Å². The Kier molecular flexibility index (Phi) is 5.36. The maximum Gasteiger partial charge on any atom is 0.341 e. The predicted octanol–water partition coefficient (Wildman–Crippen LogP) is 2.69. The summed E-state index contributed by atoms with van der Waals surface area (Å²) in [6.07, 6.45) is 3.53. The first kappa shape index (κ1) is 16.0. The smallest absolute Gasteiger partial charge is 0.341 e. The largest absolute Gasteiger partial charge is 0.462 e. The van der Waals surface area contributed by atoms with Crippen molar-refractivity contribution in [3.05, 3.63) is 16.5 Å². The standard InChI is InChI=1S/C15H22N2O3S/c1-3-20-15(19)12-7-9(2)21-14(12)17-13(18)10-5-4-6-11(16)8-10/h7,10-11H,3-6,8,16H2,1-2H3,(H,17,18). The Morgan fingerprint density at radius 2 is 2.24 bits per heavy atom. The van der Waals surface area contributed by atoms with Crippen molar-refractivity contribution in [2.45, 2.75) is 45.6 Å². The van der Waals surface area contributed by atoms with Gasteiger partial charge in [0, 0.05) is 16.8 Å². The molecule has 3 N–H and O–H groups in total. The van der Waals surface area contributed by atoms with Crippen molar-refractivity contribution in [3.63, 3.8) is 0 Å². The molecule has 1 aromatic heterocycles. The van der Waals surface area contributed by atoms with Crippen molar-refractivity contribution in [2.24, 2.45) is 11.7 Å². The molecule has 0 spiro atoms. The first-order valence-electron chi connectivity index (χ1n) is 7.35. The minimum atomic E-state index is -0.391. The van der Waals surface area contributed by atoms with Crippen molar-refractivity contribution in [3.8, 4) is 0 Å². The van der Waals surface area contributed by atoms with Crippen LogP contribution in [0.4, 0.5) is 5.00 Å². The van der Waals surface area contributed by atoms with Gasteiger partial charge in [0.15, 0.2) is 0 Å². The van der Waals surface area contributed by atoms with E-state index in [1.807, 2.05) is 6.92 Å². The highest BCUT2D eigenvalue weighted by molar-refractivity contribution is 7.16. The lowest BCUT2D eigenvalue weighted by molar-refractivity contribution is -0.120. The average Bonchev–Trinajstić information content (AvgIpc) is 2.80. The quantitative estimate of drug-likeness (QED) is 0.838. The van der Waals surface area contributed by atoms with Gasteiger partial charge in [-0.05, 0) is 39.2 Å². The average molecular weight is 310 g/mol. The number of aryl methyl sites for hydroxylation is 1. The number of nitrogens with one attached hydrogen (secondary N) is 1. The number of anilines is 1. The van der Waals surface area contributed by atoms with Crippen molar-refractivity contribution in [2.75, 3.05) is 11.9 Å². The molecule has 2 unspecified atom stereocenters. The molecule has 1 amide bonds. The van der Waals surface area contributed by atoms with E-state index in [-0.39, 0.29) is 17.9 Å². The number of carbonyl (C=O) groups is 2. The molecule has 5 nitrogen and oxygen atoms in total. The molecule has 1 saturated carbocycles. The number of nitrogens with two attached hydrogens (primary N) is 1. The lowest BCUT2D eigenvalue weighted by Gasteiger charge is -2.25. The van der Waals surface area contributed by atoms with Gasteiger partial charge in [0.1, 0.15) is 5.00 Å². The number of hydrogen-bond donors (Lipinski definition) is 2. The van der Waals surface area contributed by atoms with Crippen LogP contribution in [0.3, 0.4) is 0 Å². The number of thiophene rings is 1. The summed E-state index contributed by atoms with van der Waals surface area (Å²) in [6.45, 7) is 3.98. The topological polar surface area (TPSA) is 81.4 Å². The minimum Gasteiger partial charge on any atom is -0.462 e. The monoisotopic (exact) mass is 310 g/mol. The Morgan fingerprint density at radius 1 is 1.48 bits per heavy atom. The zero-order chi connectivity index (χ0) is 15.4. The number of amides is 1. The molecule has 1 heterocycles. The second-order valence-electron chi connectivity index (χ2n) is 5.43. The highest BCUT2D eigenvalue weighted by Gasteiger charge is 2.27. The first-order chi connectivity index (χ1) is 10.0. The highest BCUT2D eigenvalue weighted by atomic mass is 32.1. The molecule has 0 bridgehead atoms. The summed E-state index contributed by atoms with van der Waals surface area (Å²) in [6, 6.07) is 1.86. The molecule has 0 aliphatic heterocycles. The molecule has 0 radical (unpaired) electrons. The van der Waals surface area contributed by atoms with Crippen molar-refractivity contribution >= 4 is 28.2 Å². The SMILES string of the molecule is CCOC(=O)c1cc(C)sc1NC(=O)C1CCCC(N)C1. The predicted molar refractivity (Wildman–Crippen MR) is 83.6 cm³/mol. The van der Waals surface area contributed by atoms with Gasteiger partial charge in [-0.15, -0.1) is 11.3 Å². The Hall–Kier alpha value is -1.40. The normalized spacial score (nSPS) is 21.9. The maximum atomic E-state index is 12.3. The summed E-state index contributed by atoms with van der Waals surface area (Å²) >= 11 is 1.40. The van der Waals surface area contributed by atoms with Gasteiger partial charge >= 0.3 is 5.97 Å². The molecule has 1 aliphatic rings. The van der Waals surface area contributed by atoms with Crippen LogP contribution in [0.25, 0.3) is 0 Å². The van der Waals surface area contributed by atoms with Crippen molar-refractivity contribution in [1.82, 2.24) is 0 Å². The number of rotatable bonds is 4. The van der Waals surface area contributed by atoms with Crippen LogP contribution in [0.1, 0.15) is 47.8 Å². The van der Waals surface area contributed by atoms with Gasteiger partial charge in [-0.2, -0.15) is 0 Å². The molecule has 116 valence electrons. The summed E-state index contributed by atoms with van der Waals surface area (Å²) in [5, 5.41) is 3.46. The van der Waals surface area contributed by atoms with Gasteiger partial charge in [0.25, 0.3) is 0 Å². The van der Waals surface area contributed by atoms with Crippen LogP contribution < -0.4 is 11.1 Å². The van der Waals surface area contributed by atoms with E-state index in [2.05, 4.69) is 5.32 Å². The number of ether oxygens (including phenoxy) is 1. The maximum absolute atomic E-state index is 12.3. The molecule has 6 heteroatoms. The van der Waals surface area contributed by atoms with Gasteiger partial charge in [0.2, 0.25) is 5.91 Å². The fourth-order valence-electron chi connectivity index (χ4n) is 2.65. The highest BCUT2D eigenvalue weighted by Crippen LogP contribution is 2.30. The van der Waals surface area contributed by atoms with E-state index >= 15 is 0 Å². The van der Waals surface area contributed by atoms with Crippen LogP contribution in [0.5, 0.6) is 0 Å². The summed E-state index contributed by atoms with van der Waals surface area (Å²) in [7, 11) is 0. The van der Waals surface area contributed by atoms with Crippen molar-refractivity contribution in [1.29, 1.82) is 0 Å². The van der Waals surface area contributed by atoms with E-state index < -0.39 is 5.97 Å². The van der Waals surface area contributed by atoms with Crippen LogP contribution >= 0.6 is 11.3 Å². The molecule has 1 fully saturated rings. The van der Waals surface area contributed by atoms with Gasteiger partial charge < -0.3 is 15.8 Å². The van der Waals surface area contributed by atoms with Gasteiger partial charge in [-0.3, -0.25) is 4.79 Å². The van der Waals surface area contributed by atoms with E-state index in [1.165, 1.54) is 11.3 Å². The van der Waals surface area contributed by atoms with E-state index in [0.717, 1.165) is 24.1 Å². The summed E-state index contributed by atoms with van der Waals surface area (Å²) in [5.74, 6) is -0.499. The number of hydrogen-bond acceptors (Lipinski definition) is 5. The molecular formula is C15H22N2O3S. The van der Waals surface area contributed by atoms with Gasteiger partial charge in [-0.1, -0.05) is 6.42 Å². The molecule has 2 atom stereocenters. The summed E-state index contributed by atoms with van der Waals surface area (Å²) < 4.78 is 5.02. The Balaban J connectivity index is 2.08. The fourth-order valence-corrected chi connectivity index (χ4v) is 3.55. The third-order valence-corrected chi connectivity index (χ3v) is 4.64. The third kappa shape index (κ3) is 4.04. The zero-order valence-electron chi connectivity index (χ0n) is 12.5. The summed E-state index contributed by atoms with van der Waals surface area (Å²) in [5.41, 5.74) is 6.36. The third-order valence-electron chi connectivity index (χ3n) is 3.67. The van der Waals surface area contributed by atoms with Crippen LogP contribution in [-0.4, -0.2) is 24.5 Å². The molecule has 2 rings (SSSR count). The second-order valence-corrected chi connectivity index (χ2v) is 6.69. The molecule has 21 heavy (non-hydrogen) atoms. The lowest BCUT2D eigenvalue weighted by Crippen LogP contribution is -2.34. The van der Waals surface area contributed by atoms with E-state index in [4.69, 9.17) is 10.5 Å². The lowest BCUT2D eigenvalue weighted by atomic mass is 9.85. The Morgan fingerprint density at radius 3 is 2.90 bits per heavy atom. The minimum absolute atomic E-state index is 0.0439. The van der Waals surface area contributed by atoms with Crippen molar-refractivity contribution < 1.29 is 14.3 Å². The number of esters is 1. The van der Waals surface area contributed by atoms with Crippen LogP contribution in [-0.2, 0) is 9.53 Å². The number of carbonyl (C=O) groups excluding carboxylic acids is 2. The van der Waals surface area contributed by atoms with Gasteiger partial charge in [0.05, 0.1) is 12.2 Å².